The molecule has 5 aliphatic carbocycles. The molecule has 5 saturated carbocycles. The number of rotatable bonds is 7. The molecule has 0 heterocycles. The number of hydrogen-bond donors (Lipinski definition) is 0. The van der Waals surface area contributed by atoms with Gasteiger partial charge in [0.2, 0.25) is 0 Å². The SMILES string of the molecule is O=S(=O)([O-])C(F)(F)CC1CC2CC1C1C3CCC(C3)C21.c1ccc([PH+](c2ccccc2)c2ccc(C3CCCCC3)cc2)cc1. The number of alkyl halides is 2. The van der Waals surface area contributed by atoms with Crippen molar-refractivity contribution in [3.63, 3.8) is 0 Å². The van der Waals surface area contributed by atoms with Crippen LogP contribution in [0.3, 0.4) is 0 Å². The van der Waals surface area contributed by atoms with Gasteiger partial charge in [-0.2, -0.15) is 8.78 Å². The fourth-order valence-corrected chi connectivity index (χ4v) is 13.4. The molecule has 0 aliphatic heterocycles. The van der Waals surface area contributed by atoms with Crippen molar-refractivity contribution < 1.29 is 21.8 Å². The van der Waals surface area contributed by atoms with E-state index in [4.69, 9.17) is 0 Å². The minimum absolute atomic E-state index is 0.243. The molecule has 7 unspecified atom stereocenters. The Balaban J connectivity index is 0.000000148. The summed E-state index contributed by atoms with van der Waals surface area (Å²) in [5.41, 5.74) is 1.55. The van der Waals surface area contributed by atoms with Crippen molar-refractivity contribution in [2.45, 2.75) is 81.8 Å². The topological polar surface area (TPSA) is 57.2 Å². The van der Waals surface area contributed by atoms with Gasteiger partial charge < -0.3 is 4.55 Å². The first kappa shape index (κ1) is 31.5. The minimum Gasteiger partial charge on any atom is -0.743 e. The summed E-state index contributed by atoms with van der Waals surface area (Å²) in [7, 11) is -6.45. The third-order valence-electron chi connectivity index (χ3n) is 12.1. The van der Waals surface area contributed by atoms with Crippen LogP contribution in [0, 0.1) is 41.4 Å². The Morgan fingerprint density at radius 3 is 1.80 bits per heavy atom. The number of halogens is 2. The maximum atomic E-state index is 13.5. The molecule has 3 nitrogen and oxygen atoms in total. The molecular formula is C38H45F2O3PS. The van der Waals surface area contributed by atoms with Crippen LogP contribution in [0.5, 0.6) is 0 Å². The molecule has 7 atom stereocenters. The van der Waals surface area contributed by atoms with E-state index in [1.54, 1.807) is 5.56 Å². The number of hydrogen-bond acceptors (Lipinski definition) is 3. The second-order valence-corrected chi connectivity index (χ2v) is 18.5. The quantitative estimate of drug-likeness (QED) is 0.148. The van der Waals surface area contributed by atoms with Gasteiger partial charge in [0.25, 0.3) is 0 Å². The highest BCUT2D eigenvalue weighted by atomic mass is 32.2. The first-order valence-corrected chi connectivity index (χ1v) is 20.0. The van der Waals surface area contributed by atoms with Gasteiger partial charge in [-0.3, -0.25) is 0 Å². The van der Waals surface area contributed by atoms with Crippen LogP contribution in [0.25, 0.3) is 0 Å². The summed E-state index contributed by atoms with van der Waals surface area (Å²) in [6, 6.07) is 31.7. The molecule has 3 aromatic carbocycles. The third-order valence-corrected chi connectivity index (χ3v) is 15.8. The lowest BCUT2D eigenvalue weighted by atomic mass is 9.67. The van der Waals surface area contributed by atoms with E-state index < -0.39 is 29.7 Å². The van der Waals surface area contributed by atoms with E-state index in [1.165, 1.54) is 67.3 Å². The van der Waals surface area contributed by atoms with Gasteiger partial charge in [-0.1, -0.05) is 67.8 Å². The summed E-state index contributed by atoms with van der Waals surface area (Å²) in [6.07, 6.45) is 11.7. The molecular weight excluding hydrogens is 605 g/mol. The molecule has 0 N–H and O–H groups in total. The maximum Gasteiger partial charge on any atom is 0.334 e. The van der Waals surface area contributed by atoms with E-state index in [-0.39, 0.29) is 11.8 Å². The van der Waals surface area contributed by atoms with Gasteiger partial charge in [-0.05, 0) is 134 Å². The summed E-state index contributed by atoms with van der Waals surface area (Å²) in [6.45, 7) is 0. The second-order valence-electron chi connectivity index (χ2n) is 14.5. The molecule has 0 saturated heterocycles. The van der Waals surface area contributed by atoms with E-state index in [9.17, 15) is 21.8 Å². The average molecular weight is 651 g/mol. The molecule has 0 aromatic heterocycles. The van der Waals surface area contributed by atoms with Crippen LogP contribution >= 0.6 is 7.92 Å². The standard InChI is InChI=1S/C24H25P.C14H20F2O3S/c1-4-10-20(11-5-1)21-16-18-24(19-17-21)25(22-12-6-2-7-13-22)23-14-8-3-9-15-23;15-14(16,20(17,18)19)6-10-4-9-5-11(10)13-8-2-1-7(3-8)12(9)13/h2-3,6-9,12-20H,1,4-5,10-11H2;7-13H,1-6H2,(H,17,18,19). The molecule has 3 aromatic rings. The molecule has 0 amide bonds. The van der Waals surface area contributed by atoms with Crippen molar-refractivity contribution in [1.29, 1.82) is 0 Å². The average Bonchev–Trinajstić information content (AvgIpc) is 3.84. The van der Waals surface area contributed by atoms with Gasteiger partial charge in [0.15, 0.2) is 10.1 Å². The van der Waals surface area contributed by atoms with Crippen LogP contribution in [-0.4, -0.2) is 18.2 Å². The molecule has 0 radical (unpaired) electrons. The van der Waals surface area contributed by atoms with Gasteiger partial charge >= 0.3 is 5.25 Å². The molecule has 0 spiro atoms. The van der Waals surface area contributed by atoms with Crippen molar-refractivity contribution in [3.8, 4) is 0 Å². The smallest absolute Gasteiger partial charge is 0.334 e. The molecule has 240 valence electrons. The van der Waals surface area contributed by atoms with Crippen LogP contribution in [-0.2, 0) is 10.1 Å². The number of benzene rings is 3. The van der Waals surface area contributed by atoms with Gasteiger partial charge in [0, 0.05) is 6.42 Å². The van der Waals surface area contributed by atoms with Crippen LogP contribution < -0.4 is 15.9 Å². The zero-order chi connectivity index (χ0) is 31.2. The Morgan fingerprint density at radius 1 is 0.667 bits per heavy atom. The maximum absolute atomic E-state index is 13.5. The highest BCUT2D eigenvalue weighted by Crippen LogP contribution is 2.69. The van der Waals surface area contributed by atoms with E-state index in [0.717, 1.165) is 18.3 Å². The Kier molecular flexibility index (Phi) is 8.96. The van der Waals surface area contributed by atoms with Crippen LogP contribution in [0.2, 0.25) is 0 Å². The van der Waals surface area contributed by atoms with E-state index >= 15 is 0 Å². The van der Waals surface area contributed by atoms with Crippen molar-refractivity contribution in [2.75, 3.05) is 0 Å². The lowest BCUT2D eigenvalue weighted by molar-refractivity contribution is 0.0178. The normalized spacial score (nSPS) is 30.7. The van der Waals surface area contributed by atoms with Crippen molar-refractivity contribution >= 4 is 34.0 Å². The fourth-order valence-electron chi connectivity index (χ4n) is 10.4. The lowest BCUT2D eigenvalue weighted by Crippen LogP contribution is -2.37. The van der Waals surface area contributed by atoms with E-state index in [2.05, 4.69) is 84.9 Å². The monoisotopic (exact) mass is 650 g/mol. The summed E-state index contributed by atoms with van der Waals surface area (Å²) in [4.78, 5) is 0. The molecule has 4 bridgehead atoms. The molecule has 5 fully saturated rings. The highest BCUT2D eigenvalue weighted by molar-refractivity contribution is 7.86. The predicted octanol–water partition coefficient (Wildman–Crippen LogP) is 8.06. The first-order chi connectivity index (χ1) is 21.7. The summed E-state index contributed by atoms with van der Waals surface area (Å²) in [5.74, 6) is 4.01. The van der Waals surface area contributed by atoms with Crippen LogP contribution in [0.4, 0.5) is 8.78 Å². The highest BCUT2D eigenvalue weighted by Gasteiger charge is 2.63. The lowest BCUT2D eigenvalue weighted by Gasteiger charge is -2.39. The Hall–Kier alpha value is -2.14. The zero-order valence-corrected chi connectivity index (χ0v) is 27.7. The summed E-state index contributed by atoms with van der Waals surface area (Å²) in [5, 5.41) is 0.324. The number of fused-ring (bicyclic) bond motifs is 9. The van der Waals surface area contributed by atoms with Crippen molar-refractivity contribution in [1.82, 2.24) is 0 Å². The second kappa shape index (κ2) is 12.8. The minimum atomic E-state index is -5.52. The van der Waals surface area contributed by atoms with Gasteiger partial charge in [-0.15, -0.1) is 0 Å². The fraction of sp³-hybridized carbons (Fsp3) is 0.526. The Morgan fingerprint density at radius 2 is 1.22 bits per heavy atom. The van der Waals surface area contributed by atoms with Crippen molar-refractivity contribution in [2.24, 2.45) is 41.4 Å². The predicted molar refractivity (Wildman–Crippen MR) is 179 cm³/mol. The van der Waals surface area contributed by atoms with Crippen LogP contribution in [0.15, 0.2) is 84.9 Å². The Bertz CT molecular complexity index is 1500. The van der Waals surface area contributed by atoms with E-state index in [1.807, 2.05) is 0 Å². The zero-order valence-electron chi connectivity index (χ0n) is 25.9. The summed E-state index contributed by atoms with van der Waals surface area (Å²) < 4.78 is 59.2. The first-order valence-electron chi connectivity index (χ1n) is 17.1. The Labute approximate surface area is 268 Å². The third kappa shape index (κ3) is 6.29. The molecule has 45 heavy (non-hydrogen) atoms. The largest absolute Gasteiger partial charge is 0.743 e. The van der Waals surface area contributed by atoms with Gasteiger partial charge in [0.05, 0.1) is 7.92 Å². The van der Waals surface area contributed by atoms with Gasteiger partial charge in [0.1, 0.15) is 15.9 Å². The molecule has 8 rings (SSSR count). The molecule has 5 aliphatic rings. The van der Waals surface area contributed by atoms with Crippen molar-refractivity contribution in [3.05, 3.63) is 90.5 Å². The van der Waals surface area contributed by atoms with Gasteiger partial charge in [-0.25, -0.2) is 8.42 Å². The molecule has 7 heteroatoms. The summed E-state index contributed by atoms with van der Waals surface area (Å²) >= 11 is 0. The van der Waals surface area contributed by atoms with E-state index in [0.29, 0.717) is 30.1 Å². The van der Waals surface area contributed by atoms with Crippen LogP contribution in [0.1, 0.15) is 82.1 Å².